The van der Waals surface area contributed by atoms with E-state index in [1.807, 2.05) is 12.1 Å². The Balaban J connectivity index is 2.57. The Morgan fingerprint density at radius 3 is 2.52 bits per heavy atom. The van der Waals surface area contributed by atoms with Crippen LogP contribution < -0.4 is 14.8 Å². The third-order valence-corrected chi connectivity index (χ3v) is 3.55. The maximum Gasteiger partial charge on any atom is 0.165 e. The zero-order chi connectivity index (χ0) is 15.5. The van der Waals surface area contributed by atoms with Crippen LogP contribution in [0.15, 0.2) is 18.2 Å². The number of ether oxygens (including phenoxy) is 2. The number of methoxy groups -OCH3 is 1. The highest BCUT2D eigenvalue weighted by Crippen LogP contribution is 2.31. The molecule has 0 aliphatic heterocycles. The first kappa shape index (κ1) is 17.8. The van der Waals surface area contributed by atoms with E-state index >= 15 is 0 Å². The summed E-state index contributed by atoms with van der Waals surface area (Å²) in [6.07, 6.45) is 0.993. The van der Waals surface area contributed by atoms with Crippen LogP contribution in [0.5, 0.6) is 11.5 Å². The number of rotatable bonds is 11. The molecule has 0 fully saturated rings. The Bertz CT molecular complexity index is 392. The summed E-state index contributed by atoms with van der Waals surface area (Å²) < 4.78 is 11.3. The van der Waals surface area contributed by atoms with Gasteiger partial charge in [-0.15, -0.1) is 0 Å². The molecule has 21 heavy (non-hydrogen) atoms. The maximum absolute atomic E-state index is 5.85. The van der Waals surface area contributed by atoms with Crippen LogP contribution in [-0.4, -0.2) is 44.8 Å². The summed E-state index contributed by atoms with van der Waals surface area (Å²) in [6, 6.07) is 6.06. The Kier molecular flexibility index (Phi) is 8.87. The van der Waals surface area contributed by atoms with Gasteiger partial charge in [-0.2, -0.15) is 0 Å². The summed E-state index contributed by atoms with van der Waals surface area (Å²) in [5, 5.41) is 3.49. The second-order valence-electron chi connectivity index (χ2n) is 5.00. The summed E-state index contributed by atoms with van der Waals surface area (Å²) >= 11 is 0. The Labute approximate surface area is 129 Å². The van der Waals surface area contributed by atoms with Gasteiger partial charge in [-0.25, -0.2) is 0 Å². The van der Waals surface area contributed by atoms with E-state index in [1.54, 1.807) is 7.11 Å². The molecule has 1 aromatic carbocycles. The molecule has 0 spiro atoms. The lowest BCUT2D eigenvalue weighted by Gasteiger charge is -2.19. The zero-order valence-electron chi connectivity index (χ0n) is 13.9. The number of likely N-dealkylation sites (N-methyl/N-ethyl adjacent to an activating group) is 1. The minimum Gasteiger partial charge on any atom is -0.493 e. The molecule has 0 aliphatic rings. The first-order valence-corrected chi connectivity index (χ1v) is 7.98. The van der Waals surface area contributed by atoms with Crippen molar-refractivity contribution in [2.24, 2.45) is 0 Å². The van der Waals surface area contributed by atoms with Gasteiger partial charge in [-0.3, -0.25) is 0 Å². The maximum atomic E-state index is 5.85. The molecule has 0 unspecified atom stereocenters. The molecule has 1 rings (SSSR count). The molecule has 4 heteroatoms. The average Bonchev–Trinajstić information content (AvgIpc) is 2.53. The smallest absolute Gasteiger partial charge is 0.165 e. The van der Waals surface area contributed by atoms with Gasteiger partial charge < -0.3 is 19.7 Å². The van der Waals surface area contributed by atoms with E-state index in [2.05, 4.69) is 37.1 Å². The lowest BCUT2D eigenvalue weighted by atomic mass is 10.2. The number of hydrogen-bond donors (Lipinski definition) is 1. The predicted molar refractivity (Wildman–Crippen MR) is 88.3 cm³/mol. The fourth-order valence-corrected chi connectivity index (χ4v) is 2.23. The molecular weight excluding hydrogens is 264 g/mol. The second-order valence-corrected chi connectivity index (χ2v) is 5.00. The van der Waals surface area contributed by atoms with Crippen LogP contribution in [0.3, 0.4) is 0 Å². The number of benzene rings is 1. The van der Waals surface area contributed by atoms with Crippen LogP contribution in [0.2, 0.25) is 0 Å². The fourth-order valence-electron chi connectivity index (χ4n) is 2.23. The van der Waals surface area contributed by atoms with E-state index < -0.39 is 0 Å². The molecule has 0 radical (unpaired) electrons. The van der Waals surface area contributed by atoms with Crippen molar-refractivity contribution < 1.29 is 9.47 Å². The average molecular weight is 294 g/mol. The molecule has 0 saturated carbocycles. The molecule has 4 nitrogen and oxygen atoms in total. The molecule has 0 amide bonds. The lowest BCUT2D eigenvalue weighted by molar-refractivity contribution is 0.288. The van der Waals surface area contributed by atoms with Gasteiger partial charge in [0.05, 0.1) is 13.7 Å². The van der Waals surface area contributed by atoms with E-state index in [0.717, 1.165) is 56.2 Å². The van der Waals surface area contributed by atoms with Crippen molar-refractivity contribution in [2.75, 3.05) is 39.9 Å². The van der Waals surface area contributed by atoms with Crippen molar-refractivity contribution in [3.63, 3.8) is 0 Å². The van der Waals surface area contributed by atoms with Crippen molar-refractivity contribution in [2.45, 2.75) is 33.7 Å². The first-order chi connectivity index (χ1) is 10.3. The molecule has 0 bridgehead atoms. The van der Waals surface area contributed by atoms with Crippen LogP contribution in [0, 0.1) is 0 Å². The van der Waals surface area contributed by atoms with Crippen LogP contribution >= 0.6 is 0 Å². The van der Waals surface area contributed by atoms with Gasteiger partial charge in [0.2, 0.25) is 0 Å². The third kappa shape index (κ3) is 5.94. The molecule has 0 saturated heterocycles. The Hall–Kier alpha value is -1.26. The fraction of sp³-hybridized carbons (Fsp3) is 0.647. The molecule has 0 aliphatic carbocycles. The number of nitrogens with one attached hydrogen (secondary N) is 1. The Morgan fingerprint density at radius 2 is 1.90 bits per heavy atom. The molecular formula is C17H30N2O2. The van der Waals surface area contributed by atoms with E-state index in [0.29, 0.717) is 6.61 Å². The van der Waals surface area contributed by atoms with Gasteiger partial charge in [-0.05, 0) is 25.6 Å². The Morgan fingerprint density at radius 1 is 1.14 bits per heavy atom. The van der Waals surface area contributed by atoms with Crippen molar-refractivity contribution in [3.8, 4) is 11.5 Å². The number of hydrogen-bond acceptors (Lipinski definition) is 4. The van der Waals surface area contributed by atoms with Gasteiger partial charge >= 0.3 is 0 Å². The van der Waals surface area contributed by atoms with Gasteiger partial charge in [-0.1, -0.05) is 32.9 Å². The van der Waals surface area contributed by atoms with Crippen molar-refractivity contribution in [1.82, 2.24) is 10.2 Å². The molecule has 120 valence electrons. The molecule has 0 atom stereocenters. The highest BCUT2D eigenvalue weighted by atomic mass is 16.5. The van der Waals surface area contributed by atoms with Gasteiger partial charge in [0.25, 0.3) is 0 Å². The topological polar surface area (TPSA) is 33.7 Å². The quantitative estimate of drug-likeness (QED) is 0.636. The standard InChI is InChI=1S/C17H30N2O2/c1-5-13-21-17-15(9-8-10-16(17)20-4)14-18-11-12-19(6-2)7-3/h8-10,18H,5-7,11-14H2,1-4H3. The number of nitrogens with zero attached hydrogens (tertiary/aromatic N) is 1. The predicted octanol–water partition coefficient (Wildman–Crippen LogP) is 2.92. The number of para-hydroxylation sites is 1. The second kappa shape index (κ2) is 10.5. The van der Waals surface area contributed by atoms with Crippen LogP contribution in [-0.2, 0) is 6.54 Å². The zero-order valence-corrected chi connectivity index (χ0v) is 13.9. The SMILES string of the molecule is CCCOc1c(CNCCN(CC)CC)cccc1OC. The minimum absolute atomic E-state index is 0.715. The van der Waals surface area contributed by atoms with E-state index in [-0.39, 0.29) is 0 Å². The molecule has 1 N–H and O–H groups in total. The van der Waals surface area contributed by atoms with Crippen LogP contribution in [0.1, 0.15) is 32.8 Å². The van der Waals surface area contributed by atoms with E-state index in [9.17, 15) is 0 Å². The summed E-state index contributed by atoms with van der Waals surface area (Å²) in [4.78, 5) is 2.41. The lowest BCUT2D eigenvalue weighted by Crippen LogP contribution is -2.31. The normalized spacial score (nSPS) is 10.9. The molecule has 0 heterocycles. The molecule has 0 aromatic heterocycles. The monoisotopic (exact) mass is 294 g/mol. The van der Waals surface area contributed by atoms with Gasteiger partial charge in [0.1, 0.15) is 0 Å². The third-order valence-electron chi connectivity index (χ3n) is 3.55. The summed E-state index contributed by atoms with van der Waals surface area (Å²) in [6.45, 7) is 12.3. The summed E-state index contributed by atoms with van der Waals surface area (Å²) in [5.74, 6) is 1.68. The largest absolute Gasteiger partial charge is 0.493 e. The van der Waals surface area contributed by atoms with Gasteiger partial charge in [0, 0.05) is 25.2 Å². The summed E-state index contributed by atoms with van der Waals surface area (Å²) in [5.41, 5.74) is 1.15. The van der Waals surface area contributed by atoms with Crippen LogP contribution in [0.4, 0.5) is 0 Å². The van der Waals surface area contributed by atoms with Crippen molar-refractivity contribution in [1.29, 1.82) is 0 Å². The first-order valence-electron chi connectivity index (χ1n) is 7.98. The molecule has 1 aromatic rings. The van der Waals surface area contributed by atoms with E-state index in [1.165, 1.54) is 0 Å². The van der Waals surface area contributed by atoms with Gasteiger partial charge in [0.15, 0.2) is 11.5 Å². The highest BCUT2D eigenvalue weighted by Gasteiger charge is 2.10. The summed E-state index contributed by atoms with van der Waals surface area (Å²) in [7, 11) is 1.69. The van der Waals surface area contributed by atoms with Crippen molar-refractivity contribution in [3.05, 3.63) is 23.8 Å². The van der Waals surface area contributed by atoms with Crippen molar-refractivity contribution >= 4 is 0 Å². The van der Waals surface area contributed by atoms with Crippen LogP contribution in [0.25, 0.3) is 0 Å². The van der Waals surface area contributed by atoms with E-state index in [4.69, 9.17) is 9.47 Å². The highest BCUT2D eigenvalue weighted by molar-refractivity contribution is 5.46. The minimum atomic E-state index is 0.715.